The van der Waals surface area contributed by atoms with Gasteiger partial charge in [-0.15, -0.1) is 5.10 Å². The van der Waals surface area contributed by atoms with Crippen molar-refractivity contribution in [2.24, 2.45) is 7.05 Å². The molecule has 2 heterocycles. The van der Waals surface area contributed by atoms with Crippen LogP contribution in [0.2, 0.25) is 0 Å². The molecule has 4 rings (SSSR count). The Morgan fingerprint density at radius 3 is 2.69 bits per heavy atom. The number of nitrogens with one attached hydrogen (secondary N) is 1. The molecule has 1 fully saturated rings. The first kappa shape index (κ1) is 16.3. The van der Waals surface area contributed by atoms with E-state index in [0.717, 1.165) is 23.4 Å². The zero-order chi connectivity index (χ0) is 18.1. The smallest absolute Gasteiger partial charge is 0.249 e. The number of hydrogen-bond acceptors (Lipinski definition) is 5. The van der Waals surface area contributed by atoms with Gasteiger partial charge >= 0.3 is 0 Å². The van der Waals surface area contributed by atoms with E-state index in [1.54, 1.807) is 11.7 Å². The maximum absolute atomic E-state index is 12.8. The fourth-order valence-electron chi connectivity index (χ4n) is 3.22. The van der Waals surface area contributed by atoms with E-state index in [2.05, 4.69) is 20.8 Å². The Bertz CT molecular complexity index is 933. The molecule has 1 saturated heterocycles. The van der Waals surface area contributed by atoms with Crippen molar-refractivity contribution in [2.75, 3.05) is 16.8 Å². The largest absolute Gasteiger partial charge is 0.374 e. The predicted molar refractivity (Wildman–Crippen MR) is 99.8 cm³/mol. The highest BCUT2D eigenvalue weighted by Gasteiger charge is 2.32. The van der Waals surface area contributed by atoms with Gasteiger partial charge in [0.05, 0.1) is 0 Å². The van der Waals surface area contributed by atoms with Crippen LogP contribution in [0.3, 0.4) is 0 Å². The molecule has 1 atom stereocenters. The number of benzene rings is 2. The summed E-state index contributed by atoms with van der Waals surface area (Å²) in [5, 5.41) is 14.9. The molecule has 1 amide bonds. The highest BCUT2D eigenvalue weighted by atomic mass is 16.2. The van der Waals surface area contributed by atoms with Gasteiger partial charge in [0.25, 0.3) is 0 Å². The normalized spacial score (nSPS) is 16.9. The minimum Gasteiger partial charge on any atom is -0.374 e. The van der Waals surface area contributed by atoms with Gasteiger partial charge in [-0.2, -0.15) is 0 Å². The van der Waals surface area contributed by atoms with E-state index in [1.165, 1.54) is 5.56 Å². The van der Waals surface area contributed by atoms with Crippen molar-refractivity contribution in [2.45, 2.75) is 19.4 Å². The number of amides is 1. The lowest BCUT2D eigenvalue weighted by molar-refractivity contribution is -0.117. The fourth-order valence-corrected chi connectivity index (χ4v) is 3.22. The minimum absolute atomic E-state index is 0.0968. The summed E-state index contributed by atoms with van der Waals surface area (Å²) in [4.78, 5) is 14.6. The van der Waals surface area contributed by atoms with E-state index >= 15 is 0 Å². The molecule has 7 nitrogen and oxygen atoms in total. The van der Waals surface area contributed by atoms with E-state index in [1.807, 2.05) is 60.4 Å². The number of aryl methyl sites for hydroxylation is 2. The number of anilines is 2. The van der Waals surface area contributed by atoms with Crippen molar-refractivity contribution in [3.8, 4) is 11.4 Å². The van der Waals surface area contributed by atoms with Gasteiger partial charge in [-0.25, -0.2) is 4.68 Å². The van der Waals surface area contributed by atoms with Gasteiger partial charge < -0.3 is 10.2 Å². The molecule has 0 bridgehead atoms. The summed E-state index contributed by atoms with van der Waals surface area (Å²) >= 11 is 0. The second-order valence-corrected chi connectivity index (χ2v) is 6.52. The van der Waals surface area contributed by atoms with Gasteiger partial charge in [-0.1, -0.05) is 29.8 Å². The van der Waals surface area contributed by atoms with E-state index in [-0.39, 0.29) is 11.9 Å². The van der Waals surface area contributed by atoms with Gasteiger partial charge in [-0.3, -0.25) is 4.79 Å². The van der Waals surface area contributed by atoms with Crippen molar-refractivity contribution >= 4 is 17.3 Å². The molecule has 0 aliphatic carbocycles. The Morgan fingerprint density at radius 1 is 1.15 bits per heavy atom. The molecule has 0 spiro atoms. The Balaban J connectivity index is 1.51. The fraction of sp³-hybridized carbons (Fsp3) is 0.263. The number of carbonyl (C=O) groups excluding carboxylic acids is 1. The summed E-state index contributed by atoms with van der Waals surface area (Å²) in [6.45, 7) is 2.76. The molecular formula is C19H20N6O. The van der Waals surface area contributed by atoms with Crippen LogP contribution >= 0.6 is 0 Å². The van der Waals surface area contributed by atoms with Crippen LogP contribution in [-0.2, 0) is 11.8 Å². The number of aromatic nitrogens is 4. The van der Waals surface area contributed by atoms with Crippen molar-refractivity contribution in [3.63, 3.8) is 0 Å². The van der Waals surface area contributed by atoms with E-state index in [4.69, 9.17) is 0 Å². The lowest BCUT2D eigenvalue weighted by Crippen LogP contribution is -2.33. The van der Waals surface area contributed by atoms with E-state index in [9.17, 15) is 4.79 Å². The second kappa shape index (κ2) is 6.59. The summed E-state index contributed by atoms with van der Waals surface area (Å²) < 4.78 is 1.62. The molecule has 1 N–H and O–H groups in total. The van der Waals surface area contributed by atoms with Gasteiger partial charge in [-0.05, 0) is 48.0 Å². The Labute approximate surface area is 151 Å². The monoisotopic (exact) mass is 348 g/mol. The predicted octanol–water partition coefficient (Wildman–Crippen LogP) is 2.40. The topological polar surface area (TPSA) is 75.9 Å². The number of nitrogens with zero attached hydrogens (tertiary/aromatic N) is 5. The average molecular weight is 348 g/mol. The number of tetrazole rings is 1. The van der Waals surface area contributed by atoms with Gasteiger partial charge in [0, 0.05) is 30.5 Å². The van der Waals surface area contributed by atoms with Crippen LogP contribution in [0.15, 0.2) is 48.5 Å². The Morgan fingerprint density at radius 2 is 1.96 bits per heavy atom. The van der Waals surface area contributed by atoms with E-state index < -0.39 is 0 Å². The molecular weight excluding hydrogens is 328 g/mol. The molecule has 0 saturated carbocycles. The standard InChI is InChI=1S/C19H20N6O/c1-13-6-8-16(9-7-13)25-11-10-17(19(25)26)20-15-5-3-4-14(12-15)18-21-22-23-24(18)2/h3-9,12,17,20H,10-11H2,1-2H3. The Hall–Kier alpha value is -3.22. The maximum atomic E-state index is 12.8. The van der Waals surface area contributed by atoms with Crippen molar-refractivity contribution in [1.82, 2.24) is 20.2 Å². The first-order chi connectivity index (χ1) is 12.6. The SMILES string of the molecule is Cc1ccc(N2CCC(Nc3cccc(-c4nnnn4C)c3)C2=O)cc1. The van der Waals surface area contributed by atoms with E-state index in [0.29, 0.717) is 12.4 Å². The van der Waals surface area contributed by atoms with Crippen LogP contribution in [0, 0.1) is 6.92 Å². The Kier molecular flexibility index (Phi) is 4.12. The van der Waals surface area contributed by atoms with Crippen LogP contribution in [-0.4, -0.2) is 38.7 Å². The highest BCUT2D eigenvalue weighted by Crippen LogP contribution is 2.25. The first-order valence-corrected chi connectivity index (χ1v) is 8.59. The quantitative estimate of drug-likeness (QED) is 0.783. The number of rotatable bonds is 4. The van der Waals surface area contributed by atoms with Gasteiger partial charge in [0.2, 0.25) is 5.91 Å². The van der Waals surface area contributed by atoms with Crippen molar-refractivity contribution < 1.29 is 4.79 Å². The maximum Gasteiger partial charge on any atom is 0.249 e. The van der Waals surface area contributed by atoms with Crippen molar-refractivity contribution in [3.05, 3.63) is 54.1 Å². The molecule has 26 heavy (non-hydrogen) atoms. The molecule has 7 heteroatoms. The lowest BCUT2D eigenvalue weighted by Gasteiger charge is -2.18. The van der Waals surface area contributed by atoms with Crippen LogP contribution in [0.5, 0.6) is 0 Å². The first-order valence-electron chi connectivity index (χ1n) is 8.59. The third-order valence-electron chi connectivity index (χ3n) is 4.63. The third kappa shape index (κ3) is 3.03. The summed E-state index contributed by atoms with van der Waals surface area (Å²) in [7, 11) is 1.80. The zero-order valence-corrected chi connectivity index (χ0v) is 14.8. The molecule has 132 valence electrons. The lowest BCUT2D eigenvalue weighted by atomic mass is 10.1. The van der Waals surface area contributed by atoms with Crippen molar-refractivity contribution in [1.29, 1.82) is 0 Å². The molecule has 3 aromatic rings. The van der Waals surface area contributed by atoms with Gasteiger partial charge in [0.15, 0.2) is 5.82 Å². The summed E-state index contributed by atoms with van der Waals surface area (Å²) in [5.41, 5.74) is 3.92. The number of carbonyl (C=O) groups is 1. The minimum atomic E-state index is -0.232. The van der Waals surface area contributed by atoms with Crippen LogP contribution < -0.4 is 10.2 Å². The number of hydrogen-bond donors (Lipinski definition) is 1. The summed E-state index contributed by atoms with van der Waals surface area (Å²) in [5.74, 6) is 0.785. The molecule has 0 radical (unpaired) electrons. The molecule has 2 aromatic carbocycles. The molecule has 1 aromatic heterocycles. The average Bonchev–Trinajstić information content (AvgIpc) is 3.23. The van der Waals surface area contributed by atoms with Crippen LogP contribution in [0.1, 0.15) is 12.0 Å². The molecule has 1 aliphatic heterocycles. The highest BCUT2D eigenvalue weighted by molar-refractivity contribution is 6.01. The van der Waals surface area contributed by atoms with Crippen LogP contribution in [0.4, 0.5) is 11.4 Å². The second-order valence-electron chi connectivity index (χ2n) is 6.52. The van der Waals surface area contributed by atoms with Gasteiger partial charge in [0.1, 0.15) is 6.04 Å². The summed E-state index contributed by atoms with van der Waals surface area (Å²) in [6, 6.07) is 15.6. The molecule has 1 unspecified atom stereocenters. The van der Waals surface area contributed by atoms with Crippen LogP contribution in [0.25, 0.3) is 11.4 Å². The zero-order valence-electron chi connectivity index (χ0n) is 14.8. The third-order valence-corrected chi connectivity index (χ3v) is 4.63. The molecule has 1 aliphatic rings. The summed E-state index contributed by atoms with van der Waals surface area (Å²) in [6.07, 6.45) is 0.766.